The molecule has 100 valence electrons. The van der Waals surface area contributed by atoms with Gasteiger partial charge < -0.3 is 4.74 Å². The maximum atomic E-state index is 6.59. The van der Waals surface area contributed by atoms with Crippen molar-refractivity contribution in [2.45, 2.75) is 12.3 Å². The molecule has 0 amide bonds. The molecular weight excluding hydrogens is 391 g/mol. The minimum atomic E-state index is -0.213. The van der Waals surface area contributed by atoms with Crippen molar-refractivity contribution in [3.63, 3.8) is 0 Å². The minimum Gasteiger partial charge on any atom is -0.497 e. The van der Waals surface area contributed by atoms with Crippen LogP contribution in [0.25, 0.3) is 0 Å². The van der Waals surface area contributed by atoms with E-state index in [9.17, 15) is 0 Å². The molecule has 0 saturated heterocycles. The van der Waals surface area contributed by atoms with E-state index in [4.69, 9.17) is 16.3 Å². The Balaban J connectivity index is 2.41. The Kier molecular flexibility index (Phi) is 4.93. The number of methoxy groups -OCH3 is 1. The summed E-state index contributed by atoms with van der Waals surface area (Å²) in [5, 5.41) is -0.213. The maximum Gasteiger partial charge on any atom is 0.120 e. The van der Waals surface area contributed by atoms with Crippen LogP contribution in [-0.4, -0.2) is 7.11 Å². The molecule has 0 heterocycles. The van der Waals surface area contributed by atoms with Crippen LogP contribution in [0.5, 0.6) is 5.75 Å². The standard InChI is InChI=1S/C15H13Br2ClO/c1-9-3-5-11(13(16)7-9)15(18)12-6-4-10(19-2)8-14(12)17/h3-8,15H,1-2H3. The quantitative estimate of drug-likeness (QED) is 0.583. The summed E-state index contributed by atoms with van der Waals surface area (Å²) in [5.41, 5.74) is 3.28. The molecule has 0 radical (unpaired) electrons. The predicted molar refractivity (Wildman–Crippen MR) is 87.3 cm³/mol. The third-order valence-corrected chi connectivity index (χ3v) is 4.75. The first-order valence-corrected chi connectivity index (χ1v) is 7.78. The second-order valence-corrected chi connectivity index (χ2v) is 6.42. The van der Waals surface area contributed by atoms with Crippen LogP contribution in [-0.2, 0) is 0 Å². The molecule has 0 N–H and O–H groups in total. The third-order valence-electron chi connectivity index (χ3n) is 2.91. The van der Waals surface area contributed by atoms with E-state index in [-0.39, 0.29) is 5.38 Å². The summed E-state index contributed by atoms with van der Waals surface area (Å²) in [7, 11) is 1.65. The van der Waals surface area contributed by atoms with Gasteiger partial charge in [-0.15, -0.1) is 11.6 Å². The Hall–Kier alpha value is -0.510. The minimum absolute atomic E-state index is 0.213. The number of benzene rings is 2. The van der Waals surface area contributed by atoms with Gasteiger partial charge in [-0.2, -0.15) is 0 Å². The number of alkyl halides is 1. The molecule has 1 atom stereocenters. The van der Waals surface area contributed by atoms with Crippen molar-refractivity contribution in [2.24, 2.45) is 0 Å². The number of rotatable bonds is 3. The fraction of sp³-hybridized carbons (Fsp3) is 0.200. The third kappa shape index (κ3) is 3.33. The summed E-state index contributed by atoms with van der Waals surface area (Å²) in [6.07, 6.45) is 0. The average molecular weight is 405 g/mol. The summed E-state index contributed by atoms with van der Waals surface area (Å²) in [5.74, 6) is 0.808. The van der Waals surface area contributed by atoms with E-state index >= 15 is 0 Å². The molecule has 1 nitrogen and oxygen atoms in total. The van der Waals surface area contributed by atoms with Crippen molar-refractivity contribution in [3.8, 4) is 5.75 Å². The van der Waals surface area contributed by atoms with Crippen molar-refractivity contribution in [3.05, 3.63) is 62.0 Å². The van der Waals surface area contributed by atoms with Gasteiger partial charge in [0.1, 0.15) is 5.75 Å². The molecule has 2 aromatic rings. The van der Waals surface area contributed by atoms with E-state index in [0.29, 0.717) is 0 Å². The lowest BCUT2D eigenvalue weighted by Gasteiger charge is -2.15. The molecule has 0 saturated carbocycles. The maximum absolute atomic E-state index is 6.59. The monoisotopic (exact) mass is 402 g/mol. The normalized spacial score (nSPS) is 12.3. The molecule has 19 heavy (non-hydrogen) atoms. The predicted octanol–water partition coefficient (Wildman–Crippen LogP) is 5.86. The van der Waals surface area contributed by atoms with Crippen LogP contribution in [0.15, 0.2) is 45.3 Å². The van der Waals surface area contributed by atoms with E-state index in [1.54, 1.807) is 7.11 Å². The van der Waals surface area contributed by atoms with Gasteiger partial charge in [0, 0.05) is 8.95 Å². The van der Waals surface area contributed by atoms with Crippen LogP contribution in [0.1, 0.15) is 22.1 Å². The average Bonchev–Trinajstić information content (AvgIpc) is 2.37. The van der Waals surface area contributed by atoms with E-state index < -0.39 is 0 Å². The number of aryl methyl sites for hydroxylation is 1. The number of hydrogen-bond donors (Lipinski definition) is 0. The highest BCUT2D eigenvalue weighted by atomic mass is 79.9. The van der Waals surface area contributed by atoms with Gasteiger partial charge in [0.25, 0.3) is 0 Å². The zero-order chi connectivity index (χ0) is 14.0. The Bertz CT molecular complexity index is 599. The van der Waals surface area contributed by atoms with E-state index in [1.165, 1.54) is 5.56 Å². The lowest BCUT2D eigenvalue weighted by atomic mass is 10.0. The van der Waals surface area contributed by atoms with Crippen molar-refractivity contribution in [2.75, 3.05) is 7.11 Å². The molecule has 0 aromatic heterocycles. The highest BCUT2D eigenvalue weighted by molar-refractivity contribution is 9.10. The van der Waals surface area contributed by atoms with Gasteiger partial charge in [0.2, 0.25) is 0 Å². The first-order valence-electron chi connectivity index (χ1n) is 5.76. The molecule has 0 aliphatic rings. The molecule has 0 fully saturated rings. The smallest absolute Gasteiger partial charge is 0.120 e. The van der Waals surface area contributed by atoms with Gasteiger partial charge in [0.05, 0.1) is 12.5 Å². The van der Waals surface area contributed by atoms with Gasteiger partial charge >= 0.3 is 0 Å². The van der Waals surface area contributed by atoms with E-state index in [0.717, 1.165) is 25.8 Å². The Labute approximate surface area is 135 Å². The molecule has 2 rings (SSSR count). The lowest BCUT2D eigenvalue weighted by Crippen LogP contribution is -1.97. The molecule has 0 aliphatic heterocycles. The van der Waals surface area contributed by atoms with Crippen LogP contribution in [0.4, 0.5) is 0 Å². The van der Waals surface area contributed by atoms with Gasteiger partial charge in [-0.25, -0.2) is 0 Å². The van der Waals surface area contributed by atoms with Gasteiger partial charge in [-0.05, 0) is 41.8 Å². The largest absolute Gasteiger partial charge is 0.497 e. The second-order valence-electron chi connectivity index (χ2n) is 4.27. The van der Waals surface area contributed by atoms with Crippen molar-refractivity contribution in [1.82, 2.24) is 0 Å². The van der Waals surface area contributed by atoms with Crippen molar-refractivity contribution in [1.29, 1.82) is 0 Å². The summed E-state index contributed by atoms with van der Waals surface area (Å²) < 4.78 is 7.16. The Morgan fingerprint density at radius 3 is 2.11 bits per heavy atom. The van der Waals surface area contributed by atoms with Crippen molar-refractivity contribution >= 4 is 43.5 Å². The van der Waals surface area contributed by atoms with E-state index in [1.807, 2.05) is 24.3 Å². The van der Waals surface area contributed by atoms with Crippen molar-refractivity contribution < 1.29 is 4.74 Å². The van der Waals surface area contributed by atoms with Crippen LogP contribution in [0.2, 0.25) is 0 Å². The number of ether oxygens (including phenoxy) is 1. The summed E-state index contributed by atoms with van der Waals surface area (Å²) in [6, 6.07) is 12.0. The Morgan fingerprint density at radius 1 is 1.00 bits per heavy atom. The van der Waals surface area contributed by atoms with E-state index in [2.05, 4.69) is 50.9 Å². The molecule has 4 heteroatoms. The summed E-state index contributed by atoms with van der Waals surface area (Å²) in [4.78, 5) is 0. The number of halogens is 3. The summed E-state index contributed by atoms with van der Waals surface area (Å²) in [6.45, 7) is 2.06. The molecule has 2 aromatic carbocycles. The molecule has 0 aliphatic carbocycles. The SMILES string of the molecule is COc1ccc(C(Cl)c2ccc(C)cc2Br)c(Br)c1. The highest BCUT2D eigenvalue weighted by Gasteiger charge is 2.17. The van der Waals surface area contributed by atoms with Gasteiger partial charge in [-0.3, -0.25) is 0 Å². The molecule has 0 spiro atoms. The number of hydrogen-bond acceptors (Lipinski definition) is 1. The second kappa shape index (κ2) is 6.29. The van der Waals surface area contributed by atoms with Gasteiger partial charge in [-0.1, -0.05) is 50.1 Å². The molecular formula is C15H13Br2ClO. The first-order chi connectivity index (χ1) is 9.02. The van der Waals surface area contributed by atoms with Crippen LogP contribution in [0, 0.1) is 6.92 Å². The van der Waals surface area contributed by atoms with Crippen LogP contribution in [0.3, 0.4) is 0 Å². The van der Waals surface area contributed by atoms with Crippen LogP contribution >= 0.6 is 43.5 Å². The van der Waals surface area contributed by atoms with Gasteiger partial charge in [0.15, 0.2) is 0 Å². The lowest BCUT2D eigenvalue weighted by molar-refractivity contribution is 0.414. The fourth-order valence-electron chi connectivity index (χ4n) is 1.85. The highest BCUT2D eigenvalue weighted by Crippen LogP contribution is 2.38. The molecule has 1 unspecified atom stereocenters. The first kappa shape index (κ1) is 14.9. The zero-order valence-corrected chi connectivity index (χ0v) is 14.5. The fourth-order valence-corrected chi connectivity index (χ4v) is 3.80. The summed E-state index contributed by atoms with van der Waals surface area (Å²) >= 11 is 13.7. The Morgan fingerprint density at radius 2 is 1.58 bits per heavy atom. The topological polar surface area (TPSA) is 9.23 Å². The van der Waals surface area contributed by atoms with Crippen LogP contribution < -0.4 is 4.74 Å². The molecule has 0 bridgehead atoms. The zero-order valence-electron chi connectivity index (χ0n) is 10.6.